The molecule has 1 fully saturated rings. The molecule has 1 aromatic rings. The Labute approximate surface area is 117 Å². The van der Waals surface area contributed by atoms with Crippen molar-refractivity contribution in [2.75, 3.05) is 18.1 Å². The third kappa shape index (κ3) is 3.85. The van der Waals surface area contributed by atoms with Crippen LogP contribution in [0.25, 0.3) is 0 Å². The number of rotatable bonds is 4. The summed E-state index contributed by atoms with van der Waals surface area (Å²) >= 11 is 5.99. The Morgan fingerprint density at radius 3 is 3.00 bits per heavy atom. The highest BCUT2D eigenvalue weighted by Gasteiger charge is 2.26. The lowest BCUT2D eigenvalue weighted by atomic mass is 10.0. The number of ether oxygens (including phenoxy) is 1. The van der Waals surface area contributed by atoms with Crippen LogP contribution in [-0.4, -0.2) is 36.4 Å². The topological polar surface area (TPSA) is 49.8 Å². The van der Waals surface area contributed by atoms with Crippen LogP contribution in [0, 0.1) is 0 Å². The highest BCUT2D eigenvalue weighted by atomic mass is 35.5. The molecule has 19 heavy (non-hydrogen) atoms. The Kier molecular flexibility index (Phi) is 4.66. The lowest BCUT2D eigenvalue weighted by Crippen LogP contribution is -2.44. The van der Waals surface area contributed by atoms with Gasteiger partial charge in [0, 0.05) is 23.4 Å². The van der Waals surface area contributed by atoms with Crippen molar-refractivity contribution in [1.82, 2.24) is 0 Å². The van der Waals surface area contributed by atoms with E-state index in [0.29, 0.717) is 11.6 Å². The molecule has 0 spiro atoms. The summed E-state index contributed by atoms with van der Waals surface area (Å²) in [4.78, 5) is 13.0. The molecule has 5 heteroatoms. The molecule has 0 bridgehead atoms. The molecule has 2 atom stereocenters. The van der Waals surface area contributed by atoms with Crippen LogP contribution in [-0.2, 0) is 9.53 Å². The van der Waals surface area contributed by atoms with Gasteiger partial charge in [0.25, 0.3) is 0 Å². The van der Waals surface area contributed by atoms with E-state index in [0.717, 1.165) is 18.5 Å². The molecule has 4 nitrogen and oxygen atoms in total. The Balaban J connectivity index is 2.22. The smallest absolute Gasteiger partial charge is 0.323 e. The fourth-order valence-corrected chi connectivity index (χ4v) is 2.67. The second kappa shape index (κ2) is 6.26. The first-order valence-electron chi connectivity index (χ1n) is 6.42. The lowest BCUT2D eigenvalue weighted by Gasteiger charge is -2.37. The standard InChI is InChI=1S/C14H18ClNO3/c1-10-7-13(5-6-19-10)16(9-14(17)18)12-4-2-3-11(15)8-12/h2-4,8,10,13H,5-7,9H2,1H3,(H,17,18). The van der Waals surface area contributed by atoms with Crippen molar-refractivity contribution < 1.29 is 14.6 Å². The predicted molar refractivity (Wildman–Crippen MR) is 74.9 cm³/mol. The van der Waals surface area contributed by atoms with Gasteiger partial charge >= 0.3 is 5.97 Å². The maximum atomic E-state index is 11.1. The number of carboxylic acids is 1. The molecule has 1 saturated heterocycles. The Morgan fingerprint density at radius 2 is 2.37 bits per heavy atom. The maximum absolute atomic E-state index is 11.1. The average Bonchev–Trinajstić information content (AvgIpc) is 2.35. The summed E-state index contributed by atoms with van der Waals surface area (Å²) in [6, 6.07) is 7.52. The van der Waals surface area contributed by atoms with Crippen LogP contribution < -0.4 is 4.90 Å². The summed E-state index contributed by atoms with van der Waals surface area (Å²) in [5, 5.41) is 9.72. The first kappa shape index (κ1) is 14.2. The van der Waals surface area contributed by atoms with Crippen LogP contribution >= 0.6 is 11.6 Å². The summed E-state index contributed by atoms with van der Waals surface area (Å²) in [5.74, 6) is -0.834. The van der Waals surface area contributed by atoms with Gasteiger partial charge in [0.1, 0.15) is 6.54 Å². The highest BCUT2D eigenvalue weighted by Crippen LogP contribution is 2.26. The first-order chi connectivity index (χ1) is 9.06. The van der Waals surface area contributed by atoms with Crippen LogP contribution in [0.3, 0.4) is 0 Å². The Hall–Kier alpha value is -1.26. The van der Waals surface area contributed by atoms with Gasteiger partial charge in [0.05, 0.1) is 6.10 Å². The fourth-order valence-electron chi connectivity index (χ4n) is 2.49. The molecule has 2 unspecified atom stereocenters. The summed E-state index contributed by atoms with van der Waals surface area (Å²) < 4.78 is 5.52. The number of halogens is 1. The first-order valence-corrected chi connectivity index (χ1v) is 6.79. The quantitative estimate of drug-likeness (QED) is 0.923. The normalized spacial score (nSPS) is 23.1. The van der Waals surface area contributed by atoms with Crippen LogP contribution in [0.4, 0.5) is 5.69 Å². The van der Waals surface area contributed by atoms with E-state index < -0.39 is 5.97 Å². The zero-order chi connectivity index (χ0) is 13.8. The van der Waals surface area contributed by atoms with E-state index in [1.54, 1.807) is 6.07 Å². The van der Waals surface area contributed by atoms with Gasteiger partial charge in [-0.2, -0.15) is 0 Å². The van der Waals surface area contributed by atoms with Gasteiger partial charge in [-0.3, -0.25) is 4.79 Å². The van der Waals surface area contributed by atoms with Gasteiger partial charge in [-0.1, -0.05) is 17.7 Å². The van der Waals surface area contributed by atoms with Crippen molar-refractivity contribution in [2.45, 2.75) is 31.9 Å². The minimum absolute atomic E-state index is 0.0161. The molecule has 1 aliphatic rings. The average molecular weight is 284 g/mol. The predicted octanol–water partition coefficient (Wildman–Crippen LogP) is 2.80. The third-order valence-corrected chi connectivity index (χ3v) is 3.58. The minimum Gasteiger partial charge on any atom is -0.480 e. The SMILES string of the molecule is CC1CC(N(CC(=O)O)c2cccc(Cl)c2)CCO1. The molecule has 1 N–H and O–H groups in total. The highest BCUT2D eigenvalue weighted by molar-refractivity contribution is 6.30. The van der Waals surface area contributed by atoms with Crippen LogP contribution in [0.5, 0.6) is 0 Å². The van der Waals surface area contributed by atoms with Crippen LogP contribution in [0.1, 0.15) is 19.8 Å². The van der Waals surface area contributed by atoms with Gasteiger partial charge in [0.2, 0.25) is 0 Å². The second-order valence-electron chi connectivity index (χ2n) is 4.86. The molecule has 2 rings (SSSR count). The van der Waals surface area contributed by atoms with Crippen molar-refractivity contribution >= 4 is 23.3 Å². The van der Waals surface area contributed by atoms with Crippen molar-refractivity contribution in [1.29, 1.82) is 0 Å². The van der Waals surface area contributed by atoms with Crippen molar-refractivity contribution in [3.63, 3.8) is 0 Å². The van der Waals surface area contributed by atoms with E-state index in [-0.39, 0.29) is 18.7 Å². The molecule has 0 amide bonds. The van der Waals surface area contributed by atoms with E-state index >= 15 is 0 Å². The number of anilines is 1. The third-order valence-electron chi connectivity index (χ3n) is 3.34. The molecule has 1 aliphatic heterocycles. The minimum atomic E-state index is -0.834. The van der Waals surface area contributed by atoms with Gasteiger partial charge in [-0.25, -0.2) is 0 Å². The zero-order valence-corrected chi connectivity index (χ0v) is 11.6. The summed E-state index contributed by atoms with van der Waals surface area (Å²) in [6.07, 6.45) is 1.83. The van der Waals surface area contributed by atoms with E-state index in [1.807, 2.05) is 30.0 Å². The zero-order valence-electron chi connectivity index (χ0n) is 10.9. The van der Waals surface area contributed by atoms with Crippen LogP contribution in [0.15, 0.2) is 24.3 Å². The molecule has 0 aromatic heterocycles. The number of hydrogen-bond donors (Lipinski definition) is 1. The Bertz CT molecular complexity index is 452. The molecule has 104 valence electrons. The molecule has 1 aromatic carbocycles. The summed E-state index contributed by atoms with van der Waals surface area (Å²) in [5.41, 5.74) is 0.856. The number of carbonyl (C=O) groups is 1. The number of aliphatic carboxylic acids is 1. The monoisotopic (exact) mass is 283 g/mol. The van der Waals surface area contributed by atoms with Crippen molar-refractivity contribution in [3.8, 4) is 0 Å². The van der Waals surface area contributed by atoms with Gasteiger partial charge in [-0.05, 0) is 38.0 Å². The molecule has 0 radical (unpaired) electrons. The fraction of sp³-hybridized carbons (Fsp3) is 0.500. The molecular formula is C14H18ClNO3. The molecule has 0 aliphatic carbocycles. The second-order valence-corrected chi connectivity index (χ2v) is 5.30. The van der Waals surface area contributed by atoms with Crippen molar-refractivity contribution in [3.05, 3.63) is 29.3 Å². The molecular weight excluding hydrogens is 266 g/mol. The lowest BCUT2D eigenvalue weighted by molar-refractivity contribution is -0.135. The number of carboxylic acid groups (broad SMARTS) is 1. The van der Waals surface area contributed by atoms with E-state index in [9.17, 15) is 4.79 Å². The maximum Gasteiger partial charge on any atom is 0.323 e. The summed E-state index contributed by atoms with van der Waals surface area (Å²) in [6.45, 7) is 2.67. The van der Waals surface area contributed by atoms with Crippen LogP contribution in [0.2, 0.25) is 5.02 Å². The molecule has 0 saturated carbocycles. The Morgan fingerprint density at radius 1 is 1.58 bits per heavy atom. The van der Waals surface area contributed by atoms with Crippen molar-refractivity contribution in [2.24, 2.45) is 0 Å². The van der Waals surface area contributed by atoms with Gasteiger partial charge in [-0.15, -0.1) is 0 Å². The number of nitrogens with zero attached hydrogens (tertiary/aromatic N) is 1. The van der Waals surface area contributed by atoms with Gasteiger partial charge < -0.3 is 14.7 Å². The van der Waals surface area contributed by atoms with E-state index in [4.69, 9.17) is 21.4 Å². The van der Waals surface area contributed by atoms with E-state index in [1.165, 1.54) is 0 Å². The number of benzene rings is 1. The number of hydrogen-bond acceptors (Lipinski definition) is 3. The van der Waals surface area contributed by atoms with E-state index in [2.05, 4.69) is 0 Å². The summed E-state index contributed by atoms with van der Waals surface area (Å²) in [7, 11) is 0. The van der Waals surface area contributed by atoms with Gasteiger partial charge in [0.15, 0.2) is 0 Å². The molecule has 1 heterocycles. The largest absolute Gasteiger partial charge is 0.480 e.